The SMILES string of the molecule is COc1ccc([C@@H]2CC(=O)C3=C(C2)NC(C)=C(C(=O)Nc2ccc(C)cc2)[C@@H]3c2ccc(SC)cc2)cc1OC. The molecule has 2 N–H and O–H groups in total. The largest absolute Gasteiger partial charge is 0.493 e. The second-order valence-electron chi connectivity index (χ2n) is 10.2. The minimum atomic E-state index is -0.462. The molecule has 1 aliphatic carbocycles. The number of allylic oxidation sites excluding steroid dienone is 3. The summed E-state index contributed by atoms with van der Waals surface area (Å²) in [6.07, 6.45) is 3.03. The maximum absolute atomic E-state index is 14.0. The first-order valence-corrected chi connectivity index (χ1v) is 14.5. The highest BCUT2D eigenvalue weighted by Gasteiger charge is 2.41. The molecule has 0 saturated heterocycles. The number of nitrogens with one attached hydrogen (secondary N) is 2. The van der Waals surface area contributed by atoms with Crippen LogP contribution in [0.1, 0.15) is 48.3 Å². The van der Waals surface area contributed by atoms with Crippen LogP contribution in [0.5, 0.6) is 11.5 Å². The number of anilines is 1. The van der Waals surface area contributed by atoms with E-state index < -0.39 is 5.92 Å². The van der Waals surface area contributed by atoms with Crippen molar-refractivity contribution in [2.75, 3.05) is 25.8 Å². The van der Waals surface area contributed by atoms with E-state index in [1.807, 2.05) is 86.8 Å². The van der Waals surface area contributed by atoms with Crippen LogP contribution in [0.2, 0.25) is 0 Å². The Balaban J connectivity index is 1.54. The van der Waals surface area contributed by atoms with Gasteiger partial charge in [-0.3, -0.25) is 9.59 Å². The number of carbonyl (C=O) groups is 2. The first-order chi connectivity index (χ1) is 19.3. The number of hydrogen-bond donors (Lipinski definition) is 2. The topological polar surface area (TPSA) is 76.7 Å². The summed E-state index contributed by atoms with van der Waals surface area (Å²) in [6, 6.07) is 21.7. The zero-order chi connectivity index (χ0) is 28.4. The summed E-state index contributed by atoms with van der Waals surface area (Å²) in [5.74, 6) is 0.641. The van der Waals surface area contributed by atoms with Crippen molar-refractivity contribution < 1.29 is 19.1 Å². The Morgan fingerprint density at radius 2 is 1.57 bits per heavy atom. The molecule has 2 atom stereocenters. The van der Waals surface area contributed by atoms with Gasteiger partial charge in [-0.25, -0.2) is 0 Å². The molecule has 6 nitrogen and oxygen atoms in total. The van der Waals surface area contributed by atoms with Gasteiger partial charge in [0.2, 0.25) is 0 Å². The molecule has 5 rings (SSSR count). The fraction of sp³-hybridized carbons (Fsp3) is 0.273. The van der Waals surface area contributed by atoms with Crippen molar-refractivity contribution in [2.24, 2.45) is 0 Å². The molecule has 0 bridgehead atoms. The number of ether oxygens (including phenoxy) is 2. The number of rotatable bonds is 7. The zero-order valence-corrected chi connectivity index (χ0v) is 24.3. The van der Waals surface area contributed by atoms with Gasteiger partial charge < -0.3 is 20.1 Å². The van der Waals surface area contributed by atoms with E-state index in [1.54, 1.807) is 26.0 Å². The van der Waals surface area contributed by atoms with Gasteiger partial charge in [-0.1, -0.05) is 35.9 Å². The molecule has 1 amide bonds. The number of Topliss-reactive ketones (excluding diaryl/α,β-unsaturated/α-hetero) is 1. The molecule has 0 fully saturated rings. The number of aryl methyl sites for hydroxylation is 1. The highest BCUT2D eigenvalue weighted by atomic mass is 32.2. The summed E-state index contributed by atoms with van der Waals surface area (Å²) in [4.78, 5) is 28.9. The van der Waals surface area contributed by atoms with Gasteiger partial charge in [0.05, 0.1) is 14.2 Å². The number of amides is 1. The van der Waals surface area contributed by atoms with Crippen LogP contribution in [0, 0.1) is 6.92 Å². The van der Waals surface area contributed by atoms with E-state index >= 15 is 0 Å². The Hall–Kier alpha value is -3.97. The number of methoxy groups -OCH3 is 2. The summed E-state index contributed by atoms with van der Waals surface area (Å²) < 4.78 is 10.9. The van der Waals surface area contributed by atoms with Crippen molar-refractivity contribution >= 4 is 29.1 Å². The van der Waals surface area contributed by atoms with Crippen molar-refractivity contribution in [3.05, 3.63) is 106 Å². The van der Waals surface area contributed by atoms with Crippen LogP contribution in [0.4, 0.5) is 5.69 Å². The van der Waals surface area contributed by atoms with E-state index in [9.17, 15) is 9.59 Å². The van der Waals surface area contributed by atoms with E-state index in [-0.39, 0.29) is 17.6 Å². The number of ketones is 1. The Bertz CT molecular complexity index is 1510. The van der Waals surface area contributed by atoms with Crippen LogP contribution in [-0.4, -0.2) is 32.2 Å². The highest BCUT2D eigenvalue weighted by Crippen LogP contribution is 2.46. The van der Waals surface area contributed by atoms with Crippen LogP contribution in [0.15, 0.2) is 94.2 Å². The molecule has 1 aliphatic heterocycles. The molecule has 3 aromatic rings. The highest BCUT2D eigenvalue weighted by molar-refractivity contribution is 7.98. The summed E-state index contributed by atoms with van der Waals surface area (Å²) >= 11 is 1.66. The third kappa shape index (κ3) is 5.39. The van der Waals surface area contributed by atoms with E-state index in [0.29, 0.717) is 35.5 Å². The van der Waals surface area contributed by atoms with Gasteiger partial charge in [-0.15, -0.1) is 11.8 Å². The Kier molecular flexibility index (Phi) is 8.03. The summed E-state index contributed by atoms with van der Waals surface area (Å²) in [5.41, 5.74) is 6.65. The van der Waals surface area contributed by atoms with Gasteiger partial charge in [0, 0.05) is 45.5 Å². The number of benzene rings is 3. The molecule has 0 saturated carbocycles. The maximum Gasteiger partial charge on any atom is 0.254 e. The van der Waals surface area contributed by atoms with Gasteiger partial charge in [0.15, 0.2) is 17.3 Å². The minimum Gasteiger partial charge on any atom is -0.493 e. The van der Waals surface area contributed by atoms with E-state index in [2.05, 4.69) is 10.6 Å². The first-order valence-electron chi connectivity index (χ1n) is 13.3. The molecule has 206 valence electrons. The van der Waals surface area contributed by atoms with Crippen LogP contribution < -0.4 is 20.1 Å². The molecule has 0 aromatic heterocycles. The number of thioether (sulfide) groups is 1. The minimum absolute atomic E-state index is 0.0196. The molecule has 3 aromatic carbocycles. The zero-order valence-electron chi connectivity index (χ0n) is 23.5. The lowest BCUT2D eigenvalue weighted by Gasteiger charge is -2.37. The fourth-order valence-electron chi connectivity index (χ4n) is 5.65. The molecule has 0 radical (unpaired) electrons. The molecular weight excluding hydrogens is 520 g/mol. The molecule has 0 unspecified atom stereocenters. The quantitative estimate of drug-likeness (QED) is 0.315. The number of dihydropyridines is 1. The lowest BCUT2D eigenvalue weighted by atomic mass is 9.71. The summed E-state index contributed by atoms with van der Waals surface area (Å²) in [6.45, 7) is 3.93. The molecule has 1 heterocycles. The Morgan fingerprint density at radius 3 is 2.23 bits per heavy atom. The summed E-state index contributed by atoms with van der Waals surface area (Å²) in [7, 11) is 3.22. The molecular formula is C33H34N2O4S. The van der Waals surface area contributed by atoms with Gasteiger partial charge >= 0.3 is 0 Å². The Labute approximate surface area is 239 Å². The predicted molar refractivity (Wildman–Crippen MR) is 160 cm³/mol. The monoisotopic (exact) mass is 554 g/mol. The van der Waals surface area contributed by atoms with E-state index in [4.69, 9.17) is 9.47 Å². The first kappa shape index (κ1) is 27.6. The van der Waals surface area contributed by atoms with Crippen LogP contribution >= 0.6 is 11.8 Å². The van der Waals surface area contributed by atoms with Crippen molar-refractivity contribution in [2.45, 2.75) is 43.4 Å². The van der Waals surface area contributed by atoms with Crippen molar-refractivity contribution in [3.63, 3.8) is 0 Å². The number of carbonyl (C=O) groups excluding carboxylic acids is 2. The summed E-state index contributed by atoms with van der Waals surface area (Å²) in [5, 5.41) is 6.52. The van der Waals surface area contributed by atoms with Crippen molar-refractivity contribution in [3.8, 4) is 11.5 Å². The normalized spacial score (nSPS) is 18.7. The van der Waals surface area contributed by atoms with E-state index in [0.717, 1.165) is 38.7 Å². The maximum atomic E-state index is 14.0. The second kappa shape index (κ2) is 11.6. The third-order valence-electron chi connectivity index (χ3n) is 7.71. The fourth-order valence-corrected chi connectivity index (χ4v) is 6.06. The van der Waals surface area contributed by atoms with Gasteiger partial charge in [0.25, 0.3) is 5.91 Å². The van der Waals surface area contributed by atoms with Gasteiger partial charge in [-0.05, 0) is 80.0 Å². The molecule has 2 aliphatic rings. The standard InChI is InChI=1S/C33H34N2O4S/c1-19-6-11-24(12-7-19)35-33(37)30-20(2)34-26-16-23(22-10-15-28(38-3)29(18-22)39-4)17-27(36)32(26)31(30)21-8-13-25(40-5)14-9-21/h6-15,18,23,31,34H,16-17H2,1-5H3,(H,35,37)/t23-,31-/m0/s1. The van der Waals surface area contributed by atoms with Crippen molar-refractivity contribution in [1.29, 1.82) is 0 Å². The molecule has 7 heteroatoms. The average molecular weight is 555 g/mol. The predicted octanol–water partition coefficient (Wildman–Crippen LogP) is 6.73. The van der Waals surface area contributed by atoms with Gasteiger partial charge in [0.1, 0.15) is 0 Å². The average Bonchev–Trinajstić information content (AvgIpc) is 2.97. The van der Waals surface area contributed by atoms with E-state index in [1.165, 1.54) is 0 Å². The van der Waals surface area contributed by atoms with Crippen molar-refractivity contribution in [1.82, 2.24) is 5.32 Å². The second-order valence-corrected chi connectivity index (χ2v) is 11.1. The third-order valence-corrected chi connectivity index (χ3v) is 8.45. The molecule has 0 spiro atoms. The van der Waals surface area contributed by atoms with Crippen LogP contribution in [0.3, 0.4) is 0 Å². The van der Waals surface area contributed by atoms with Gasteiger partial charge in [-0.2, -0.15) is 0 Å². The molecule has 40 heavy (non-hydrogen) atoms. The Morgan fingerprint density at radius 1 is 0.900 bits per heavy atom. The van der Waals surface area contributed by atoms with Crippen LogP contribution in [-0.2, 0) is 9.59 Å². The van der Waals surface area contributed by atoms with Crippen LogP contribution in [0.25, 0.3) is 0 Å². The number of hydrogen-bond acceptors (Lipinski definition) is 6. The smallest absolute Gasteiger partial charge is 0.254 e. The lowest BCUT2D eigenvalue weighted by Crippen LogP contribution is -2.37. The lowest BCUT2D eigenvalue weighted by molar-refractivity contribution is -0.116.